The molecule has 1 aromatic rings. The van der Waals surface area contributed by atoms with Crippen LogP contribution in [-0.2, 0) is 11.2 Å². The van der Waals surface area contributed by atoms with Crippen molar-refractivity contribution in [3.63, 3.8) is 0 Å². The lowest BCUT2D eigenvalue weighted by Gasteiger charge is -2.29. The fourth-order valence-corrected chi connectivity index (χ4v) is 2.29. The summed E-state index contributed by atoms with van der Waals surface area (Å²) in [5.41, 5.74) is -0.504. The van der Waals surface area contributed by atoms with Gasteiger partial charge in [0, 0.05) is 0 Å². The van der Waals surface area contributed by atoms with Gasteiger partial charge in [0.05, 0.1) is 11.5 Å². The van der Waals surface area contributed by atoms with Gasteiger partial charge in [0.15, 0.2) is 0 Å². The van der Waals surface area contributed by atoms with E-state index in [1.807, 2.05) is 0 Å². The third kappa shape index (κ3) is 5.30. The fraction of sp³-hybridized carbons (Fsp3) is 0.533. The molecule has 2 unspecified atom stereocenters. The molecule has 1 aromatic carbocycles. The molecule has 1 rings (SSSR count). The Morgan fingerprint density at radius 3 is 2.33 bits per heavy atom. The van der Waals surface area contributed by atoms with Gasteiger partial charge in [-0.05, 0) is 43.9 Å². The number of aliphatic carboxylic acids is 1. The molecule has 2 N–H and O–H groups in total. The summed E-state index contributed by atoms with van der Waals surface area (Å²) in [5, 5.41) is 19.4. The standard InChI is InChI=1S/C15H20F2O4/c1-3-12(13(18)19)15(2,20)9-8-10-4-6-11(7-5-10)21-14(16)17/h4-7,12,14,20H,3,8-9H2,1-2H3,(H,18,19). The molecule has 0 aliphatic heterocycles. The first-order valence-electron chi connectivity index (χ1n) is 6.75. The zero-order chi connectivity index (χ0) is 16.0. The molecule has 0 heterocycles. The van der Waals surface area contributed by atoms with E-state index in [0.717, 1.165) is 5.56 Å². The van der Waals surface area contributed by atoms with Crippen molar-refractivity contribution in [2.75, 3.05) is 0 Å². The molecule has 0 radical (unpaired) electrons. The minimum atomic E-state index is -2.86. The Hall–Kier alpha value is -1.69. The van der Waals surface area contributed by atoms with E-state index in [-0.39, 0.29) is 12.2 Å². The quantitative estimate of drug-likeness (QED) is 0.774. The van der Waals surface area contributed by atoms with Gasteiger partial charge < -0.3 is 14.9 Å². The molecule has 2 atom stereocenters. The molecule has 0 aliphatic carbocycles. The van der Waals surface area contributed by atoms with Crippen molar-refractivity contribution in [1.82, 2.24) is 0 Å². The van der Waals surface area contributed by atoms with E-state index in [1.54, 1.807) is 19.1 Å². The summed E-state index contributed by atoms with van der Waals surface area (Å²) in [6, 6.07) is 6.08. The van der Waals surface area contributed by atoms with Gasteiger partial charge >= 0.3 is 12.6 Å². The maximum Gasteiger partial charge on any atom is 0.387 e. The first kappa shape index (κ1) is 17.4. The number of hydrogen-bond donors (Lipinski definition) is 2. The topological polar surface area (TPSA) is 66.8 Å². The lowest BCUT2D eigenvalue weighted by molar-refractivity contribution is -0.151. The number of aliphatic hydroxyl groups is 1. The molecule has 0 aliphatic rings. The highest BCUT2D eigenvalue weighted by molar-refractivity contribution is 5.71. The minimum Gasteiger partial charge on any atom is -0.481 e. The van der Waals surface area contributed by atoms with E-state index in [4.69, 9.17) is 5.11 Å². The molecule has 0 aromatic heterocycles. The van der Waals surface area contributed by atoms with Crippen molar-refractivity contribution in [2.24, 2.45) is 5.92 Å². The van der Waals surface area contributed by atoms with Crippen LogP contribution in [0.5, 0.6) is 5.75 Å². The van der Waals surface area contributed by atoms with Crippen molar-refractivity contribution in [3.8, 4) is 5.75 Å². The van der Waals surface area contributed by atoms with Crippen molar-refractivity contribution >= 4 is 5.97 Å². The van der Waals surface area contributed by atoms with Gasteiger partial charge in [-0.15, -0.1) is 0 Å². The zero-order valence-electron chi connectivity index (χ0n) is 12.1. The third-order valence-electron chi connectivity index (χ3n) is 3.53. The largest absolute Gasteiger partial charge is 0.481 e. The summed E-state index contributed by atoms with van der Waals surface area (Å²) in [7, 11) is 0. The van der Waals surface area contributed by atoms with Gasteiger partial charge in [0.1, 0.15) is 5.75 Å². The number of carboxylic acids is 1. The molecule has 0 saturated carbocycles. The number of alkyl halides is 2. The van der Waals surface area contributed by atoms with Crippen molar-refractivity contribution in [2.45, 2.75) is 45.3 Å². The number of rotatable bonds is 8. The second-order valence-corrected chi connectivity index (χ2v) is 5.18. The number of aryl methyl sites for hydroxylation is 1. The second-order valence-electron chi connectivity index (χ2n) is 5.18. The van der Waals surface area contributed by atoms with Crippen LogP contribution in [0.15, 0.2) is 24.3 Å². The normalized spacial score (nSPS) is 15.5. The first-order chi connectivity index (χ1) is 9.76. The minimum absolute atomic E-state index is 0.0671. The van der Waals surface area contributed by atoms with Crippen LogP contribution in [0, 0.1) is 5.92 Å². The van der Waals surface area contributed by atoms with Crippen LogP contribution in [0.4, 0.5) is 8.78 Å². The summed E-state index contributed by atoms with van der Waals surface area (Å²) >= 11 is 0. The highest BCUT2D eigenvalue weighted by Crippen LogP contribution is 2.26. The number of carbonyl (C=O) groups is 1. The third-order valence-corrected chi connectivity index (χ3v) is 3.53. The molecule has 0 amide bonds. The average molecular weight is 302 g/mol. The van der Waals surface area contributed by atoms with Crippen LogP contribution in [0.2, 0.25) is 0 Å². The lowest BCUT2D eigenvalue weighted by Crippen LogP contribution is -2.39. The van der Waals surface area contributed by atoms with Crippen LogP contribution >= 0.6 is 0 Å². The molecule has 0 saturated heterocycles. The van der Waals surface area contributed by atoms with Crippen LogP contribution in [-0.4, -0.2) is 28.4 Å². The smallest absolute Gasteiger partial charge is 0.387 e. The summed E-state index contributed by atoms with van der Waals surface area (Å²) in [6.45, 7) is 0.352. The maximum atomic E-state index is 12.0. The van der Waals surface area contributed by atoms with Gasteiger partial charge in [-0.1, -0.05) is 19.1 Å². The first-order valence-corrected chi connectivity index (χ1v) is 6.75. The van der Waals surface area contributed by atoms with Gasteiger partial charge in [-0.25, -0.2) is 0 Å². The molecular formula is C15H20F2O4. The summed E-state index contributed by atoms with van der Waals surface area (Å²) in [4.78, 5) is 11.1. The van der Waals surface area contributed by atoms with E-state index in [9.17, 15) is 18.7 Å². The number of ether oxygens (including phenoxy) is 1. The molecule has 0 bridgehead atoms. The van der Waals surface area contributed by atoms with Gasteiger partial charge in [-0.2, -0.15) is 8.78 Å². The fourth-order valence-electron chi connectivity index (χ4n) is 2.29. The molecule has 0 spiro atoms. The van der Waals surface area contributed by atoms with E-state index in [2.05, 4.69) is 4.74 Å². The lowest BCUT2D eigenvalue weighted by atomic mass is 9.82. The van der Waals surface area contributed by atoms with E-state index in [1.165, 1.54) is 19.1 Å². The van der Waals surface area contributed by atoms with Crippen molar-refractivity contribution in [1.29, 1.82) is 0 Å². The number of hydrogen-bond acceptors (Lipinski definition) is 3. The highest BCUT2D eigenvalue weighted by Gasteiger charge is 2.35. The van der Waals surface area contributed by atoms with E-state index >= 15 is 0 Å². The Bertz CT molecular complexity index is 457. The van der Waals surface area contributed by atoms with Gasteiger partial charge in [0.25, 0.3) is 0 Å². The molecule has 4 nitrogen and oxygen atoms in total. The van der Waals surface area contributed by atoms with Crippen molar-refractivity contribution in [3.05, 3.63) is 29.8 Å². The zero-order valence-corrected chi connectivity index (χ0v) is 12.1. The van der Waals surface area contributed by atoms with Crippen LogP contribution < -0.4 is 4.74 Å². The summed E-state index contributed by atoms with van der Waals surface area (Å²) in [5.74, 6) is -1.79. The van der Waals surface area contributed by atoms with Crippen LogP contribution in [0.3, 0.4) is 0 Å². The van der Waals surface area contributed by atoms with Gasteiger partial charge in [-0.3, -0.25) is 4.79 Å². The van der Waals surface area contributed by atoms with E-state index in [0.29, 0.717) is 12.8 Å². The SMILES string of the molecule is CCC(C(=O)O)C(C)(O)CCc1ccc(OC(F)F)cc1. The maximum absolute atomic E-state index is 12.0. The Morgan fingerprint density at radius 2 is 1.90 bits per heavy atom. The Labute approximate surface area is 122 Å². The number of carboxylic acid groups (broad SMARTS) is 1. The Balaban J connectivity index is 2.63. The molecular weight excluding hydrogens is 282 g/mol. The highest BCUT2D eigenvalue weighted by atomic mass is 19.3. The molecule has 6 heteroatoms. The molecule has 21 heavy (non-hydrogen) atoms. The van der Waals surface area contributed by atoms with Crippen molar-refractivity contribution < 1.29 is 28.5 Å². The predicted molar refractivity (Wildman–Crippen MR) is 73.4 cm³/mol. The van der Waals surface area contributed by atoms with Crippen LogP contribution in [0.25, 0.3) is 0 Å². The van der Waals surface area contributed by atoms with Gasteiger partial charge in [0.2, 0.25) is 0 Å². The second kappa shape index (κ2) is 7.36. The molecule has 0 fully saturated rings. The van der Waals surface area contributed by atoms with E-state index < -0.39 is 24.1 Å². The predicted octanol–water partition coefficient (Wildman–Crippen LogP) is 3.08. The number of benzene rings is 1. The molecule has 118 valence electrons. The summed E-state index contributed by atoms with van der Waals surface area (Å²) in [6.07, 6.45) is 1.06. The number of halogens is 2. The van der Waals surface area contributed by atoms with Crippen LogP contribution in [0.1, 0.15) is 32.3 Å². The Kier molecular flexibility index (Phi) is 6.08. The average Bonchev–Trinajstić information content (AvgIpc) is 2.37. The monoisotopic (exact) mass is 302 g/mol. The summed E-state index contributed by atoms with van der Waals surface area (Å²) < 4.78 is 28.3. The Morgan fingerprint density at radius 1 is 1.33 bits per heavy atom.